The number of aromatic nitrogens is 1. The predicted octanol–water partition coefficient (Wildman–Crippen LogP) is 0.520. The van der Waals surface area contributed by atoms with Crippen molar-refractivity contribution >= 4 is 17.8 Å². The summed E-state index contributed by atoms with van der Waals surface area (Å²) in [5.74, 6) is -1.13. The maximum Gasteiger partial charge on any atom is 0.337 e. The Morgan fingerprint density at radius 1 is 1.36 bits per heavy atom. The van der Waals surface area contributed by atoms with Crippen molar-refractivity contribution in [2.75, 3.05) is 13.1 Å². The van der Waals surface area contributed by atoms with Crippen LogP contribution in [0, 0.1) is 5.92 Å². The molecular formula is C15H17N3O4. The van der Waals surface area contributed by atoms with Crippen molar-refractivity contribution in [2.24, 2.45) is 5.92 Å². The van der Waals surface area contributed by atoms with Gasteiger partial charge in [-0.1, -0.05) is 0 Å². The second kappa shape index (κ2) is 5.75. The van der Waals surface area contributed by atoms with Crippen molar-refractivity contribution < 1.29 is 19.5 Å². The number of carbonyl (C=O) groups excluding carboxylic acids is 2. The lowest BCUT2D eigenvalue weighted by Gasteiger charge is -2.15. The van der Waals surface area contributed by atoms with Gasteiger partial charge in [0.05, 0.1) is 5.56 Å². The van der Waals surface area contributed by atoms with Crippen molar-refractivity contribution in [2.45, 2.75) is 25.3 Å². The molecule has 0 spiro atoms. The second-order valence-electron chi connectivity index (χ2n) is 5.79. The predicted molar refractivity (Wildman–Crippen MR) is 76.4 cm³/mol. The summed E-state index contributed by atoms with van der Waals surface area (Å²) < 4.78 is 0. The fourth-order valence-electron chi connectivity index (χ4n) is 2.67. The Morgan fingerprint density at radius 3 is 2.73 bits per heavy atom. The molecule has 2 N–H and O–H groups in total. The van der Waals surface area contributed by atoms with Crippen molar-refractivity contribution in [3.63, 3.8) is 0 Å². The number of carboxylic acids is 1. The van der Waals surface area contributed by atoms with Crippen LogP contribution in [-0.2, 0) is 4.79 Å². The van der Waals surface area contributed by atoms with Gasteiger partial charge in [-0.3, -0.25) is 14.6 Å². The Hall–Kier alpha value is -2.44. The van der Waals surface area contributed by atoms with Gasteiger partial charge >= 0.3 is 5.97 Å². The summed E-state index contributed by atoms with van der Waals surface area (Å²) in [7, 11) is 0. The van der Waals surface area contributed by atoms with Gasteiger partial charge in [0.25, 0.3) is 5.91 Å². The van der Waals surface area contributed by atoms with E-state index in [2.05, 4.69) is 10.3 Å². The van der Waals surface area contributed by atoms with E-state index < -0.39 is 5.97 Å². The van der Waals surface area contributed by atoms with Crippen LogP contribution in [0.15, 0.2) is 18.3 Å². The molecule has 1 saturated carbocycles. The average molecular weight is 303 g/mol. The molecule has 7 nitrogen and oxygen atoms in total. The van der Waals surface area contributed by atoms with Gasteiger partial charge in [-0.25, -0.2) is 4.79 Å². The maximum atomic E-state index is 12.0. The largest absolute Gasteiger partial charge is 0.478 e. The SMILES string of the molecule is O=C(O)c1ccc(C(=O)NCC2CC(=O)N(C3CC3)C2)nc1. The first-order chi connectivity index (χ1) is 10.5. The highest BCUT2D eigenvalue weighted by Crippen LogP contribution is 2.32. The number of carboxylic acid groups (broad SMARTS) is 1. The van der Waals surface area contributed by atoms with Gasteiger partial charge in [-0.15, -0.1) is 0 Å². The van der Waals surface area contributed by atoms with E-state index in [0.29, 0.717) is 25.6 Å². The van der Waals surface area contributed by atoms with E-state index in [9.17, 15) is 14.4 Å². The van der Waals surface area contributed by atoms with E-state index in [1.807, 2.05) is 4.90 Å². The number of carbonyl (C=O) groups is 3. The van der Waals surface area contributed by atoms with Gasteiger partial charge < -0.3 is 15.3 Å². The van der Waals surface area contributed by atoms with E-state index in [1.54, 1.807) is 0 Å². The number of nitrogens with one attached hydrogen (secondary N) is 1. The number of nitrogens with zero attached hydrogens (tertiary/aromatic N) is 2. The summed E-state index contributed by atoms with van der Waals surface area (Å²) in [6.45, 7) is 1.13. The van der Waals surface area contributed by atoms with Gasteiger partial charge in [0.2, 0.25) is 5.91 Å². The van der Waals surface area contributed by atoms with Gasteiger partial charge in [-0.2, -0.15) is 0 Å². The molecular weight excluding hydrogens is 286 g/mol. The van der Waals surface area contributed by atoms with Gasteiger partial charge in [0, 0.05) is 37.7 Å². The van der Waals surface area contributed by atoms with E-state index in [0.717, 1.165) is 19.0 Å². The number of aromatic carboxylic acids is 1. The third kappa shape index (κ3) is 3.08. The minimum atomic E-state index is -1.08. The van der Waals surface area contributed by atoms with Crippen LogP contribution in [0.4, 0.5) is 0 Å². The van der Waals surface area contributed by atoms with Crippen molar-refractivity contribution in [3.05, 3.63) is 29.6 Å². The molecule has 1 aromatic rings. The lowest BCUT2D eigenvalue weighted by Crippen LogP contribution is -2.32. The van der Waals surface area contributed by atoms with Crippen molar-refractivity contribution in [1.29, 1.82) is 0 Å². The summed E-state index contributed by atoms with van der Waals surface area (Å²) >= 11 is 0. The number of rotatable bonds is 5. The van der Waals surface area contributed by atoms with Crippen LogP contribution in [0.25, 0.3) is 0 Å². The Kier molecular flexibility index (Phi) is 3.79. The smallest absolute Gasteiger partial charge is 0.337 e. The highest BCUT2D eigenvalue weighted by atomic mass is 16.4. The molecule has 2 amide bonds. The standard InChI is InChI=1S/C15H17N3O4/c19-13-5-9(8-18(13)11-2-3-11)6-17-14(20)12-4-1-10(7-16-12)15(21)22/h1,4,7,9,11H,2-3,5-6,8H2,(H,17,20)(H,21,22). The molecule has 22 heavy (non-hydrogen) atoms. The summed E-state index contributed by atoms with van der Waals surface area (Å²) in [5, 5.41) is 11.5. The minimum Gasteiger partial charge on any atom is -0.478 e. The van der Waals surface area contributed by atoms with Gasteiger partial charge in [0.15, 0.2) is 0 Å². The number of likely N-dealkylation sites (tertiary alicyclic amines) is 1. The summed E-state index contributed by atoms with van der Waals surface area (Å²) in [6, 6.07) is 3.14. The zero-order valence-electron chi connectivity index (χ0n) is 12.0. The quantitative estimate of drug-likeness (QED) is 0.826. The number of pyridine rings is 1. The third-order valence-corrected chi connectivity index (χ3v) is 4.02. The highest BCUT2D eigenvalue weighted by molar-refractivity contribution is 5.93. The third-order valence-electron chi connectivity index (χ3n) is 4.02. The van der Waals surface area contributed by atoms with E-state index in [1.165, 1.54) is 12.1 Å². The average Bonchev–Trinajstić information content (AvgIpc) is 3.28. The molecule has 3 rings (SSSR count). The molecule has 0 radical (unpaired) electrons. The first kappa shape index (κ1) is 14.5. The number of hydrogen-bond donors (Lipinski definition) is 2. The van der Waals surface area contributed by atoms with Gasteiger partial charge in [-0.05, 0) is 25.0 Å². The molecule has 1 aliphatic carbocycles. The summed E-state index contributed by atoms with van der Waals surface area (Å²) in [6.07, 6.45) is 3.81. The minimum absolute atomic E-state index is 0.0398. The molecule has 2 fully saturated rings. The fourth-order valence-corrected chi connectivity index (χ4v) is 2.67. The van der Waals surface area contributed by atoms with Crippen LogP contribution in [-0.4, -0.2) is 51.9 Å². The maximum absolute atomic E-state index is 12.0. The van der Waals surface area contributed by atoms with Crippen LogP contribution in [0.3, 0.4) is 0 Å². The summed E-state index contributed by atoms with van der Waals surface area (Å²) in [5.41, 5.74) is 0.214. The molecule has 1 aromatic heterocycles. The van der Waals surface area contributed by atoms with Crippen LogP contribution in [0.1, 0.15) is 40.1 Å². The molecule has 0 aromatic carbocycles. The van der Waals surface area contributed by atoms with Crippen molar-refractivity contribution in [3.8, 4) is 0 Å². The monoisotopic (exact) mass is 303 g/mol. The van der Waals surface area contributed by atoms with E-state index in [-0.39, 0.29) is 29.0 Å². The molecule has 2 heterocycles. The van der Waals surface area contributed by atoms with E-state index >= 15 is 0 Å². The normalized spacial score (nSPS) is 21.0. The molecule has 0 bridgehead atoms. The van der Waals surface area contributed by atoms with Crippen LogP contribution in [0.5, 0.6) is 0 Å². The Bertz CT molecular complexity index is 610. The van der Waals surface area contributed by atoms with Crippen LogP contribution < -0.4 is 5.32 Å². The van der Waals surface area contributed by atoms with Crippen LogP contribution >= 0.6 is 0 Å². The molecule has 1 aliphatic heterocycles. The highest BCUT2D eigenvalue weighted by Gasteiger charge is 2.39. The fraction of sp³-hybridized carbons (Fsp3) is 0.467. The van der Waals surface area contributed by atoms with Crippen LogP contribution in [0.2, 0.25) is 0 Å². The lowest BCUT2D eigenvalue weighted by atomic mass is 10.1. The molecule has 1 saturated heterocycles. The second-order valence-corrected chi connectivity index (χ2v) is 5.79. The Balaban J connectivity index is 1.52. The Morgan fingerprint density at radius 2 is 2.14 bits per heavy atom. The number of amides is 2. The number of hydrogen-bond acceptors (Lipinski definition) is 4. The zero-order valence-corrected chi connectivity index (χ0v) is 12.0. The van der Waals surface area contributed by atoms with Gasteiger partial charge in [0.1, 0.15) is 5.69 Å². The first-order valence-electron chi connectivity index (χ1n) is 7.31. The lowest BCUT2D eigenvalue weighted by molar-refractivity contribution is -0.128. The zero-order chi connectivity index (χ0) is 15.7. The molecule has 1 atom stereocenters. The molecule has 1 unspecified atom stereocenters. The van der Waals surface area contributed by atoms with Crippen molar-refractivity contribution in [1.82, 2.24) is 15.2 Å². The molecule has 116 valence electrons. The van der Waals surface area contributed by atoms with E-state index in [4.69, 9.17) is 5.11 Å². The topological polar surface area (TPSA) is 99.6 Å². The Labute approximate surface area is 127 Å². The summed E-state index contributed by atoms with van der Waals surface area (Å²) in [4.78, 5) is 40.3. The molecule has 7 heteroatoms. The first-order valence-corrected chi connectivity index (χ1v) is 7.31. The molecule has 2 aliphatic rings.